The first-order chi connectivity index (χ1) is 22.0. The Morgan fingerprint density at radius 1 is 1.20 bits per heavy atom. The number of hydrogen-bond donors (Lipinski definition) is 5. The minimum Gasteiger partial charge on any atom is -0.477 e. The number of thioether (sulfide) groups is 2. The van der Waals surface area contributed by atoms with E-state index in [1.807, 2.05) is 0 Å². The summed E-state index contributed by atoms with van der Waals surface area (Å²) in [6.07, 6.45) is 0.204. The highest BCUT2D eigenvalue weighted by molar-refractivity contribution is 8.01. The van der Waals surface area contributed by atoms with Gasteiger partial charge in [0.05, 0.1) is 0 Å². The summed E-state index contributed by atoms with van der Waals surface area (Å²) in [6, 6.07) is 3.25. The highest BCUT2D eigenvalue weighted by Crippen LogP contribution is 2.46. The first kappa shape index (κ1) is 32.7. The Morgan fingerprint density at radius 2 is 1.93 bits per heavy atom. The second-order valence-electron chi connectivity index (χ2n) is 10.0. The molecule has 0 saturated carbocycles. The number of nitrogen functional groups attached to an aromatic ring is 1. The van der Waals surface area contributed by atoms with Gasteiger partial charge in [0, 0.05) is 36.8 Å². The van der Waals surface area contributed by atoms with Crippen LogP contribution in [0.15, 0.2) is 45.4 Å². The first-order valence-corrected chi connectivity index (χ1v) is 16.5. The SMILES string of the molecule is CCN1CCN(C(=O)NC(C(=O)N[C@]2(NC=O)C(=O)N3C(C(=O)O)=C(CSc4nncs4)CS[C@H]32)c2ccc(N)cc2)C(=O)C1=O. The second kappa shape index (κ2) is 13.3. The van der Waals surface area contributed by atoms with Gasteiger partial charge < -0.3 is 31.7 Å². The van der Waals surface area contributed by atoms with Crippen molar-refractivity contribution in [2.24, 2.45) is 0 Å². The van der Waals surface area contributed by atoms with Crippen molar-refractivity contribution in [3.8, 4) is 0 Å². The predicted octanol–water partition coefficient (Wildman–Crippen LogP) is -0.834. The van der Waals surface area contributed by atoms with Gasteiger partial charge in [-0.2, -0.15) is 0 Å². The van der Waals surface area contributed by atoms with E-state index in [4.69, 9.17) is 5.73 Å². The smallest absolute Gasteiger partial charge is 0.352 e. The molecule has 3 aliphatic rings. The van der Waals surface area contributed by atoms with Gasteiger partial charge in [-0.25, -0.2) is 9.59 Å². The number of nitrogens with zero attached hydrogens (tertiary/aromatic N) is 5. The van der Waals surface area contributed by atoms with E-state index in [2.05, 4.69) is 26.1 Å². The lowest BCUT2D eigenvalue weighted by Crippen LogP contribution is -2.85. The van der Waals surface area contributed by atoms with Crippen molar-refractivity contribution in [1.82, 2.24) is 40.8 Å². The molecule has 20 heteroatoms. The predicted molar refractivity (Wildman–Crippen MR) is 165 cm³/mol. The largest absolute Gasteiger partial charge is 0.477 e. The molecule has 4 heterocycles. The van der Waals surface area contributed by atoms with Crippen LogP contribution in [0.5, 0.6) is 0 Å². The first-order valence-electron chi connectivity index (χ1n) is 13.6. The van der Waals surface area contributed by atoms with E-state index < -0.39 is 52.7 Å². The molecule has 17 nitrogen and oxygen atoms in total. The third kappa shape index (κ3) is 5.97. The molecule has 242 valence electrons. The van der Waals surface area contributed by atoms with Crippen molar-refractivity contribution < 1.29 is 38.7 Å². The summed E-state index contributed by atoms with van der Waals surface area (Å²) < 4.78 is 0.609. The quantitative estimate of drug-likeness (QED) is 0.0484. The van der Waals surface area contributed by atoms with Gasteiger partial charge in [-0.3, -0.25) is 33.8 Å². The number of benzene rings is 1. The van der Waals surface area contributed by atoms with Crippen LogP contribution in [-0.2, 0) is 28.8 Å². The van der Waals surface area contributed by atoms with E-state index in [1.54, 1.807) is 6.92 Å². The van der Waals surface area contributed by atoms with Gasteiger partial charge in [-0.15, -0.1) is 22.0 Å². The number of carboxylic acids is 1. The van der Waals surface area contributed by atoms with Crippen LogP contribution in [0.1, 0.15) is 18.5 Å². The van der Waals surface area contributed by atoms with E-state index in [0.29, 0.717) is 20.5 Å². The number of anilines is 1. The summed E-state index contributed by atoms with van der Waals surface area (Å²) >= 11 is 3.66. The number of piperazine rings is 1. The van der Waals surface area contributed by atoms with Gasteiger partial charge in [-0.05, 0) is 30.2 Å². The molecule has 7 amide bonds. The highest BCUT2D eigenvalue weighted by Gasteiger charge is 2.66. The number of nitrogens with one attached hydrogen (secondary N) is 3. The zero-order valence-corrected chi connectivity index (χ0v) is 26.4. The van der Waals surface area contributed by atoms with Crippen LogP contribution in [0.4, 0.5) is 10.5 Å². The fourth-order valence-corrected chi connectivity index (χ4v) is 8.16. The maximum atomic E-state index is 13.9. The van der Waals surface area contributed by atoms with Crippen molar-refractivity contribution in [3.63, 3.8) is 0 Å². The van der Waals surface area contributed by atoms with E-state index in [-0.39, 0.29) is 48.8 Å². The summed E-state index contributed by atoms with van der Waals surface area (Å²) in [7, 11) is 0. The number of fused-ring (bicyclic) bond motifs is 1. The summed E-state index contributed by atoms with van der Waals surface area (Å²) in [4.78, 5) is 93.0. The van der Waals surface area contributed by atoms with Gasteiger partial charge in [0.1, 0.15) is 22.6 Å². The van der Waals surface area contributed by atoms with Crippen LogP contribution in [0, 0.1) is 0 Å². The molecule has 2 saturated heterocycles. The molecule has 3 atom stereocenters. The third-order valence-corrected chi connectivity index (χ3v) is 10.7. The van der Waals surface area contributed by atoms with Gasteiger partial charge in [0.25, 0.3) is 5.91 Å². The van der Waals surface area contributed by atoms with E-state index >= 15 is 0 Å². The number of rotatable bonds is 11. The Bertz CT molecular complexity index is 1620. The number of amides is 7. The van der Waals surface area contributed by atoms with E-state index in [9.17, 15) is 38.7 Å². The molecular formula is C26H27N9O8S3. The number of urea groups is 1. The molecule has 2 aromatic rings. The van der Waals surface area contributed by atoms with Gasteiger partial charge in [0.2, 0.25) is 18.0 Å². The third-order valence-electron chi connectivity index (χ3n) is 7.41. The Morgan fingerprint density at radius 3 is 2.57 bits per heavy atom. The number of aromatic nitrogens is 2. The van der Waals surface area contributed by atoms with Gasteiger partial charge in [-0.1, -0.05) is 35.2 Å². The maximum Gasteiger partial charge on any atom is 0.352 e. The second-order valence-corrected chi connectivity index (χ2v) is 13.2. The van der Waals surface area contributed by atoms with Crippen LogP contribution in [0.2, 0.25) is 0 Å². The number of carbonyl (C=O) groups is 7. The fraction of sp³-hybridized carbons (Fsp3) is 0.346. The summed E-state index contributed by atoms with van der Waals surface area (Å²) in [6.45, 7) is 1.94. The molecule has 2 fully saturated rings. The lowest BCUT2D eigenvalue weighted by atomic mass is 9.94. The van der Waals surface area contributed by atoms with Crippen molar-refractivity contribution in [2.75, 3.05) is 36.9 Å². The lowest BCUT2D eigenvalue weighted by molar-refractivity contribution is -0.163. The van der Waals surface area contributed by atoms with E-state index in [1.165, 1.54) is 57.8 Å². The Labute approximate surface area is 273 Å². The van der Waals surface area contributed by atoms with Crippen molar-refractivity contribution in [2.45, 2.75) is 28.3 Å². The number of aliphatic carboxylic acids is 1. The molecule has 3 aliphatic heterocycles. The number of carbonyl (C=O) groups excluding carboxylic acids is 6. The summed E-state index contributed by atoms with van der Waals surface area (Å²) in [5.74, 6) is -4.84. The molecule has 0 bridgehead atoms. The molecule has 6 N–H and O–H groups in total. The van der Waals surface area contributed by atoms with E-state index in [0.717, 1.165) is 16.7 Å². The zero-order valence-electron chi connectivity index (χ0n) is 24.0. The van der Waals surface area contributed by atoms with Crippen LogP contribution < -0.4 is 21.7 Å². The number of β-lactam (4-membered cyclic amide) rings is 1. The highest BCUT2D eigenvalue weighted by atomic mass is 32.2. The molecule has 1 aromatic heterocycles. The molecule has 1 unspecified atom stereocenters. The number of nitrogens with two attached hydrogens (primary N) is 1. The van der Waals surface area contributed by atoms with Crippen LogP contribution in [0.25, 0.3) is 0 Å². The molecule has 1 aromatic carbocycles. The average Bonchev–Trinajstić information content (AvgIpc) is 3.57. The standard InChI is InChI=1S/C26H27N9O8S3/c1-2-33-7-8-34(20(39)19(33)38)24(43)30-16(13-3-5-15(27)6-4-13)18(37)31-26(28-11-36)22(42)35-17(21(40)41)14(9-44-23(26)35)10-45-25-32-29-12-46-25/h3-6,11-12,16,23H,2,7-10,27H2,1H3,(H,28,36)(H,30,43)(H,31,37)(H,40,41)/t16?,23-,26+/m0/s1. The molecular weight excluding hydrogens is 663 g/mol. The molecule has 0 spiro atoms. The lowest BCUT2D eigenvalue weighted by Gasteiger charge is -2.56. The monoisotopic (exact) mass is 689 g/mol. The molecule has 0 radical (unpaired) electrons. The molecule has 5 rings (SSSR count). The normalized spacial score (nSPS) is 21.7. The Hall–Kier alpha value is -4.69. The van der Waals surface area contributed by atoms with Gasteiger partial charge >= 0.3 is 23.8 Å². The van der Waals surface area contributed by atoms with Crippen LogP contribution in [0.3, 0.4) is 0 Å². The fourth-order valence-electron chi connectivity index (χ4n) is 5.11. The number of carboxylic acid groups (broad SMARTS) is 1. The minimum atomic E-state index is -2.07. The van der Waals surface area contributed by atoms with Crippen LogP contribution >= 0.6 is 34.9 Å². The number of hydrogen-bond acceptors (Lipinski definition) is 13. The Balaban J connectivity index is 1.40. The minimum absolute atomic E-state index is 0.101. The average molecular weight is 690 g/mol. The van der Waals surface area contributed by atoms with Crippen LogP contribution in [-0.4, -0.2) is 114 Å². The van der Waals surface area contributed by atoms with Crippen molar-refractivity contribution in [3.05, 3.63) is 46.6 Å². The number of imide groups is 1. The van der Waals surface area contributed by atoms with Gasteiger partial charge in [0.15, 0.2) is 4.34 Å². The summed E-state index contributed by atoms with van der Waals surface area (Å²) in [5.41, 5.74) is 5.97. The Kier molecular flexibility index (Phi) is 9.49. The summed E-state index contributed by atoms with van der Waals surface area (Å²) in [5, 5.41) is 24.0. The molecule has 0 aliphatic carbocycles. The maximum absolute atomic E-state index is 13.9. The topological polar surface area (TPSA) is 237 Å². The number of likely N-dealkylation sites (N-methyl/N-ethyl adjacent to an activating group) is 1. The van der Waals surface area contributed by atoms with Crippen molar-refractivity contribution >= 4 is 82.6 Å². The zero-order chi connectivity index (χ0) is 33.2. The molecule has 46 heavy (non-hydrogen) atoms. The van der Waals surface area contributed by atoms with Crippen molar-refractivity contribution in [1.29, 1.82) is 0 Å².